The summed E-state index contributed by atoms with van der Waals surface area (Å²) < 4.78 is 0. The first-order valence-electron chi connectivity index (χ1n) is 17.5. The number of primary amides is 1. The van der Waals surface area contributed by atoms with E-state index < -0.39 is 109 Å². The number of amides is 7. The first kappa shape index (κ1) is 44.8. The highest BCUT2D eigenvalue weighted by Crippen LogP contribution is 2.10. The molecular weight excluding hydrogens is 718 g/mol. The third-order valence-corrected chi connectivity index (χ3v) is 8.21. The molecule has 0 radical (unpaired) electrons. The zero-order valence-corrected chi connectivity index (χ0v) is 31.0. The van der Waals surface area contributed by atoms with Crippen molar-refractivity contribution in [3.8, 4) is 0 Å². The van der Waals surface area contributed by atoms with Crippen LogP contribution in [0.15, 0.2) is 60.7 Å². The van der Waals surface area contributed by atoms with Crippen LogP contribution >= 0.6 is 0 Å². The maximum atomic E-state index is 13.9. The molecule has 55 heavy (non-hydrogen) atoms. The maximum absolute atomic E-state index is 13.9. The number of nitrogens with one attached hydrogen (secondary N) is 6. The molecule has 0 aliphatic carbocycles. The van der Waals surface area contributed by atoms with Crippen molar-refractivity contribution in [2.75, 3.05) is 0 Å². The van der Waals surface area contributed by atoms with Crippen molar-refractivity contribution in [2.45, 2.75) is 96.1 Å². The summed E-state index contributed by atoms with van der Waals surface area (Å²) in [5.41, 5.74) is 6.50. The molecule has 0 unspecified atom stereocenters. The van der Waals surface area contributed by atoms with Crippen LogP contribution < -0.4 is 37.6 Å². The molecule has 0 aliphatic rings. The van der Waals surface area contributed by atoms with E-state index in [1.807, 2.05) is 0 Å². The Bertz CT molecular complexity index is 1690. The molecule has 0 bridgehead atoms. The number of aliphatic carboxylic acids is 2. The molecule has 18 nitrogen and oxygen atoms in total. The molecule has 0 aromatic heterocycles. The van der Waals surface area contributed by atoms with Crippen molar-refractivity contribution < 1.29 is 53.4 Å². The predicted molar refractivity (Wildman–Crippen MR) is 196 cm³/mol. The van der Waals surface area contributed by atoms with E-state index in [9.17, 15) is 48.3 Å². The van der Waals surface area contributed by atoms with E-state index in [0.717, 1.165) is 0 Å². The van der Waals surface area contributed by atoms with Crippen LogP contribution in [-0.4, -0.2) is 99.8 Å². The molecule has 0 fully saturated rings. The minimum Gasteiger partial charge on any atom is -0.481 e. The summed E-state index contributed by atoms with van der Waals surface area (Å²) in [5, 5.41) is 33.1. The predicted octanol–water partition coefficient (Wildman–Crippen LogP) is -1.10. The summed E-state index contributed by atoms with van der Waals surface area (Å²) in [4.78, 5) is 113. The number of carboxylic acid groups (broad SMARTS) is 2. The molecule has 6 atom stereocenters. The molecule has 0 spiro atoms. The third-order valence-electron chi connectivity index (χ3n) is 8.21. The first-order valence-corrected chi connectivity index (χ1v) is 17.5. The van der Waals surface area contributed by atoms with Crippen molar-refractivity contribution in [1.29, 1.82) is 0 Å². The lowest BCUT2D eigenvalue weighted by Gasteiger charge is -2.27. The first-order chi connectivity index (χ1) is 25.9. The summed E-state index contributed by atoms with van der Waals surface area (Å²) in [5.74, 6) is -8.97. The summed E-state index contributed by atoms with van der Waals surface area (Å²) in [7, 11) is 0. The second-order valence-electron chi connectivity index (χ2n) is 13.2. The van der Waals surface area contributed by atoms with Crippen LogP contribution in [-0.2, 0) is 56.0 Å². The zero-order valence-electron chi connectivity index (χ0n) is 31.0. The molecule has 18 heteroatoms. The topological polar surface area (TPSA) is 292 Å². The van der Waals surface area contributed by atoms with Crippen LogP contribution in [0.25, 0.3) is 0 Å². The van der Waals surface area contributed by atoms with Crippen LogP contribution in [0.4, 0.5) is 0 Å². The fourth-order valence-electron chi connectivity index (χ4n) is 5.29. The van der Waals surface area contributed by atoms with Crippen LogP contribution in [0, 0.1) is 5.92 Å². The summed E-state index contributed by atoms with van der Waals surface area (Å²) in [6.07, 6.45) is -1.97. The van der Waals surface area contributed by atoms with Gasteiger partial charge in [0.1, 0.15) is 36.3 Å². The molecule has 2 aromatic carbocycles. The fraction of sp³-hybridized carbons (Fsp3) is 0.432. The quantitative estimate of drug-likeness (QED) is 0.0693. The van der Waals surface area contributed by atoms with E-state index in [2.05, 4.69) is 31.9 Å². The summed E-state index contributed by atoms with van der Waals surface area (Å²) in [6, 6.07) is 9.28. The molecule has 10 N–H and O–H groups in total. The van der Waals surface area contributed by atoms with Gasteiger partial charge in [0, 0.05) is 26.2 Å². The number of carbonyl (C=O) groups is 9. The zero-order chi connectivity index (χ0) is 41.2. The maximum Gasteiger partial charge on any atom is 0.305 e. The van der Waals surface area contributed by atoms with Gasteiger partial charge in [0.25, 0.3) is 0 Å². The van der Waals surface area contributed by atoms with E-state index >= 15 is 0 Å². The van der Waals surface area contributed by atoms with E-state index in [-0.39, 0.29) is 18.8 Å². The Hall–Kier alpha value is -6.33. The molecule has 7 amide bonds. The highest BCUT2D eigenvalue weighted by Gasteiger charge is 2.33. The van der Waals surface area contributed by atoms with Crippen LogP contribution in [0.2, 0.25) is 0 Å². The minimum absolute atomic E-state index is 0.0185. The van der Waals surface area contributed by atoms with Crippen molar-refractivity contribution in [3.63, 3.8) is 0 Å². The van der Waals surface area contributed by atoms with E-state index in [4.69, 9.17) is 10.8 Å². The normalized spacial score (nSPS) is 14.1. The monoisotopic (exact) mass is 767 g/mol. The lowest BCUT2D eigenvalue weighted by molar-refractivity contribution is -0.140. The van der Waals surface area contributed by atoms with Crippen molar-refractivity contribution in [3.05, 3.63) is 71.8 Å². The molecule has 2 aromatic rings. The summed E-state index contributed by atoms with van der Waals surface area (Å²) in [6.45, 7) is 5.98. The number of benzene rings is 2. The Morgan fingerprint density at radius 1 is 0.564 bits per heavy atom. The van der Waals surface area contributed by atoms with Crippen LogP contribution in [0.3, 0.4) is 0 Å². The van der Waals surface area contributed by atoms with Crippen molar-refractivity contribution >= 4 is 53.3 Å². The Labute approximate surface area is 317 Å². The smallest absolute Gasteiger partial charge is 0.305 e. The number of hydrogen-bond acceptors (Lipinski definition) is 9. The van der Waals surface area contributed by atoms with E-state index in [1.54, 1.807) is 74.5 Å². The average Bonchev–Trinajstić information content (AvgIpc) is 3.11. The summed E-state index contributed by atoms with van der Waals surface area (Å²) >= 11 is 0. The number of rotatable bonds is 22. The largest absolute Gasteiger partial charge is 0.481 e. The van der Waals surface area contributed by atoms with Crippen molar-refractivity contribution in [2.24, 2.45) is 11.7 Å². The van der Waals surface area contributed by atoms with Gasteiger partial charge in [0.15, 0.2) is 0 Å². The minimum atomic E-state index is -1.66. The number of carbonyl (C=O) groups excluding carboxylic acids is 7. The van der Waals surface area contributed by atoms with Gasteiger partial charge in [-0.05, 0) is 30.4 Å². The van der Waals surface area contributed by atoms with Gasteiger partial charge in [-0.25, -0.2) is 0 Å². The van der Waals surface area contributed by atoms with Gasteiger partial charge in [0.05, 0.1) is 6.42 Å². The Kier molecular flexibility index (Phi) is 17.9. The molecule has 2 rings (SSSR count). The lowest BCUT2D eigenvalue weighted by Crippen LogP contribution is -2.60. The average molecular weight is 768 g/mol. The molecular formula is C37H49N7O11. The highest BCUT2D eigenvalue weighted by molar-refractivity contribution is 5.97. The molecule has 298 valence electrons. The van der Waals surface area contributed by atoms with E-state index in [1.165, 1.54) is 13.8 Å². The Morgan fingerprint density at radius 2 is 1.00 bits per heavy atom. The van der Waals surface area contributed by atoms with Gasteiger partial charge in [-0.3, -0.25) is 43.2 Å². The fourth-order valence-corrected chi connectivity index (χ4v) is 5.29. The lowest BCUT2D eigenvalue weighted by atomic mass is 10.00. The Balaban J connectivity index is 2.34. The van der Waals surface area contributed by atoms with Gasteiger partial charge in [-0.1, -0.05) is 74.5 Å². The number of carboxylic acids is 2. The second kappa shape index (κ2) is 22.0. The van der Waals surface area contributed by atoms with Crippen molar-refractivity contribution in [1.82, 2.24) is 31.9 Å². The molecule has 0 heterocycles. The van der Waals surface area contributed by atoms with Gasteiger partial charge in [-0.2, -0.15) is 0 Å². The molecule has 0 aliphatic heterocycles. The number of hydrogen-bond donors (Lipinski definition) is 9. The number of nitrogens with two attached hydrogens (primary N) is 1. The van der Waals surface area contributed by atoms with Crippen LogP contribution in [0.5, 0.6) is 0 Å². The highest BCUT2D eigenvalue weighted by atomic mass is 16.4. The Morgan fingerprint density at radius 3 is 1.44 bits per heavy atom. The van der Waals surface area contributed by atoms with Crippen LogP contribution in [0.1, 0.15) is 58.1 Å². The standard InChI is InChI=1S/C37H49N7O11/c1-20(2)31(40-22(4)45)37(55)44-28(18-24-13-9-6-10-14-24)36(54)43-27(17-23-11-7-5-8-12-23)35(53)39-21(3)33(51)41-25(15-16-29(46)47)34(52)42-26(32(38)50)19-30(48)49/h5-14,20-21,25-28,31H,15-19H2,1-4H3,(H2,38,50)(H,39,53)(H,40,45)(H,41,51)(H,42,52)(H,43,54)(H,44,55)(H,46,47)(H,48,49)/t21-,25-,26-,27-,28-,31-/m0/s1. The van der Waals surface area contributed by atoms with Gasteiger partial charge in [-0.15, -0.1) is 0 Å². The van der Waals surface area contributed by atoms with Gasteiger partial charge in [0.2, 0.25) is 41.4 Å². The SMILES string of the molecule is CC(=O)N[C@H](C(=O)N[C@@H](Cc1ccccc1)C(=O)N[C@@H](Cc1ccccc1)C(=O)N[C@@H](C)C(=O)N[C@@H](CCC(=O)O)C(=O)N[C@@H](CC(=O)O)C(N)=O)C(C)C. The third kappa shape index (κ3) is 16.1. The van der Waals surface area contributed by atoms with Gasteiger partial charge >= 0.3 is 11.9 Å². The second-order valence-corrected chi connectivity index (χ2v) is 13.2. The molecule has 0 saturated carbocycles. The van der Waals surface area contributed by atoms with E-state index in [0.29, 0.717) is 11.1 Å². The van der Waals surface area contributed by atoms with Gasteiger partial charge < -0.3 is 47.8 Å². The molecule has 0 saturated heterocycles.